The molecule has 0 aromatic heterocycles. The monoisotopic (exact) mass is 312 g/mol. The van der Waals surface area contributed by atoms with Gasteiger partial charge in [0.25, 0.3) is 20.2 Å². The minimum atomic E-state index is -4.34. The summed E-state index contributed by atoms with van der Waals surface area (Å²) in [7, 11) is -8.69. The summed E-state index contributed by atoms with van der Waals surface area (Å²) in [6.45, 7) is 0. The van der Waals surface area contributed by atoms with E-state index in [0.29, 0.717) is 12.0 Å². The standard InChI is InChI=1S/C5H12O9S3/c6-13-14-15-2-1-5(3-16(7,8)9)4-17(10,11)12/h5-6H,1-4H2,(H,7,8,9)(H,10,11,12). The van der Waals surface area contributed by atoms with Crippen LogP contribution in [0.2, 0.25) is 0 Å². The second kappa shape index (κ2) is 7.48. The van der Waals surface area contributed by atoms with Gasteiger partial charge in [0.2, 0.25) is 0 Å². The van der Waals surface area contributed by atoms with Crippen molar-refractivity contribution in [3.8, 4) is 0 Å². The Labute approximate surface area is 103 Å². The van der Waals surface area contributed by atoms with Crippen LogP contribution in [0.25, 0.3) is 0 Å². The fourth-order valence-electron chi connectivity index (χ4n) is 1.08. The zero-order valence-corrected chi connectivity index (χ0v) is 10.9. The second-order valence-electron chi connectivity index (χ2n) is 3.12. The minimum absolute atomic E-state index is 0.00755. The van der Waals surface area contributed by atoms with Gasteiger partial charge in [-0.1, -0.05) is 5.04 Å². The van der Waals surface area contributed by atoms with E-state index >= 15 is 0 Å². The second-order valence-corrected chi connectivity index (χ2v) is 6.89. The highest BCUT2D eigenvalue weighted by molar-refractivity contribution is 7.94. The largest absolute Gasteiger partial charge is 0.286 e. The molecule has 0 aliphatic carbocycles. The zero-order chi connectivity index (χ0) is 13.5. The lowest BCUT2D eigenvalue weighted by Gasteiger charge is -2.12. The molecule has 0 saturated carbocycles. The van der Waals surface area contributed by atoms with E-state index in [9.17, 15) is 16.8 Å². The molecule has 0 aromatic carbocycles. The van der Waals surface area contributed by atoms with E-state index in [2.05, 4.69) is 9.37 Å². The van der Waals surface area contributed by atoms with Gasteiger partial charge in [0.1, 0.15) is 0 Å². The Kier molecular flexibility index (Phi) is 7.50. The van der Waals surface area contributed by atoms with Crippen LogP contribution in [0.4, 0.5) is 0 Å². The molecule has 9 nitrogen and oxygen atoms in total. The first-order chi connectivity index (χ1) is 7.64. The Morgan fingerprint density at radius 2 is 1.53 bits per heavy atom. The average Bonchev–Trinajstić information content (AvgIpc) is 2.06. The molecule has 0 aliphatic heterocycles. The molecule has 0 aliphatic rings. The molecule has 17 heavy (non-hydrogen) atoms. The van der Waals surface area contributed by atoms with Gasteiger partial charge in [-0.05, 0) is 12.3 Å². The summed E-state index contributed by atoms with van der Waals surface area (Å²) in [6, 6.07) is 0. The van der Waals surface area contributed by atoms with Crippen LogP contribution in [-0.2, 0) is 29.6 Å². The Morgan fingerprint density at radius 3 is 1.88 bits per heavy atom. The lowest BCUT2D eigenvalue weighted by molar-refractivity contribution is -0.432. The normalized spacial score (nSPS) is 13.2. The van der Waals surface area contributed by atoms with E-state index in [1.54, 1.807) is 0 Å². The Bertz CT molecular complexity index is 364. The molecule has 0 bridgehead atoms. The maximum Gasteiger partial charge on any atom is 0.265 e. The van der Waals surface area contributed by atoms with Gasteiger partial charge in [0.05, 0.1) is 11.5 Å². The van der Waals surface area contributed by atoms with Crippen LogP contribution in [0.5, 0.6) is 0 Å². The topological polar surface area (TPSA) is 147 Å². The summed E-state index contributed by atoms with van der Waals surface area (Å²) in [6.07, 6.45) is 0.00755. The van der Waals surface area contributed by atoms with Crippen molar-refractivity contribution in [1.29, 1.82) is 0 Å². The molecule has 0 radical (unpaired) electrons. The number of rotatable bonds is 9. The highest BCUT2D eigenvalue weighted by Crippen LogP contribution is 2.14. The fourth-order valence-corrected chi connectivity index (χ4v) is 3.53. The summed E-state index contributed by atoms with van der Waals surface area (Å²) in [5.41, 5.74) is 0. The highest BCUT2D eigenvalue weighted by atomic mass is 32.2. The van der Waals surface area contributed by atoms with Crippen LogP contribution in [0.15, 0.2) is 0 Å². The van der Waals surface area contributed by atoms with Gasteiger partial charge >= 0.3 is 0 Å². The van der Waals surface area contributed by atoms with E-state index in [0.717, 1.165) is 0 Å². The molecule has 12 heteroatoms. The van der Waals surface area contributed by atoms with Gasteiger partial charge in [-0.2, -0.15) is 16.8 Å². The predicted molar refractivity (Wildman–Crippen MR) is 58.2 cm³/mol. The van der Waals surface area contributed by atoms with Gasteiger partial charge in [-0.3, -0.25) is 9.11 Å². The summed E-state index contributed by atoms with van der Waals surface area (Å²) in [4.78, 5) is 0. The molecule has 0 fully saturated rings. The van der Waals surface area contributed by atoms with Crippen LogP contribution in [0, 0.1) is 5.92 Å². The van der Waals surface area contributed by atoms with Crippen molar-refractivity contribution in [2.24, 2.45) is 5.92 Å². The van der Waals surface area contributed by atoms with Crippen LogP contribution < -0.4 is 0 Å². The van der Waals surface area contributed by atoms with Crippen molar-refractivity contribution in [3.05, 3.63) is 0 Å². The third-order valence-corrected chi connectivity index (χ3v) is 3.93. The molecule has 0 unspecified atom stereocenters. The third-order valence-electron chi connectivity index (χ3n) is 1.58. The summed E-state index contributed by atoms with van der Waals surface area (Å²) >= 11 is 0.608. The molecule has 0 aromatic rings. The van der Waals surface area contributed by atoms with Crippen molar-refractivity contribution in [2.45, 2.75) is 6.42 Å². The SMILES string of the molecule is O=S(=O)(O)CC(CCSOOO)CS(=O)(=O)O. The molecule has 0 rings (SSSR count). The van der Waals surface area contributed by atoms with Crippen molar-refractivity contribution < 1.29 is 40.6 Å². The van der Waals surface area contributed by atoms with Crippen LogP contribution in [-0.4, -0.2) is 48.5 Å². The van der Waals surface area contributed by atoms with E-state index in [1.807, 2.05) is 0 Å². The number of hydrogen-bond donors (Lipinski definition) is 3. The molecule has 104 valence electrons. The lowest BCUT2D eigenvalue weighted by Crippen LogP contribution is -2.24. The highest BCUT2D eigenvalue weighted by Gasteiger charge is 2.22. The summed E-state index contributed by atoms with van der Waals surface area (Å²) in [5, 5.41) is 11.0. The first kappa shape index (κ1) is 17.1. The molecule has 0 heterocycles. The van der Waals surface area contributed by atoms with Crippen molar-refractivity contribution >= 4 is 32.3 Å². The van der Waals surface area contributed by atoms with Gasteiger partial charge in [0.15, 0.2) is 0 Å². The maximum atomic E-state index is 10.6. The van der Waals surface area contributed by atoms with E-state index in [-0.39, 0.29) is 12.2 Å². The van der Waals surface area contributed by atoms with E-state index < -0.39 is 37.7 Å². The van der Waals surface area contributed by atoms with Crippen LogP contribution >= 0.6 is 12.0 Å². The van der Waals surface area contributed by atoms with Gasteiger partial charge in [-0.25, -0.2) is 5.26 Å². The first-order valence-corrected chi connectivity index (χ1v) is 8.27. The van der Waals surface area contributed by atoms with Gasteiger partial charge < -0.3 is 0 Å². The molecule has 0 atom stereocenters. The smallest absolute Gasteiger partial charge is 0.265 e. The van der Waals surface area contributed by atoms with Crippen LogP contribution in [0.3, 0.4) is 0 Å². The zero-order valence-electron chi connectivity index (χ0n) is 8.42. The molecular weight excluding hydrogens is 300 g/mol. The molecule has 3 N–H and O–H groups in total. The number of hydrogen-bond acceptors (Lipinski definition) is 8. The third kappa shape index (κ3) is 12.3. The molecular formula is C5H12O9S3. The van der Waals surface area contributed by atoms with Crippen molar-refractivity contribution in [3.63, 3.8) is 0 Å². The summed E-state index contributed by atoms with van der Waals surface area (Å²) in [5.74, 6) is -2.49. The Hall–Kier alpha value is 0.0500. The van der Waals surface area contributed by atoms with Crippen molar-refractivity contribution in [1.82, 2.24) is 0 Å². The minimum Gasteiger partial charge on any atom is -0.286 e. The van der Waals surface area contributed by atoms with E-state index in [1.165, 1.54) is 0 Å². The molecule has 0 amide bonds. The summed E-state index contributed by atoms with van der Waals surface area (Å²) < 4.78 is 63.5. The maximum absolute atomic E-state index is 10.6. The molecule has 0 saturated heterocycles. The Morgan fingerprint density at radius 1 is 1.06 bits per heavy atom. The average molecular weight is 312 g/mol. The van der Waals surface area contributed by atoms with Crippen LogP contribution in [0.1, 0.15) is 6.42 Å². The van der Waals surface area contributed by atoms with Gasteiger partial charge in [0, 0.05) is 17.8 Å². The van der Waals surface area contributed by atoms with E-state index in [4.69, 9.17) is 14.4 Å². The van der Waals surface area contributed by atoms with Crippen molar-refractivity contribution in [2.75, 3.05) is 17.3 Å². The fraction of sp³-hybridized carbons (Fsp3) is 1.00. The first-order valence-electron chi connectivity index (χ1n) is 4.14. The molecule has 0 spiro atoms. The Balaban J connectivity index is 4.31. The lowest BCUT2D eigenvalue weighted by atomic mass is 10.1. The predicted octanol–water partition coefficient (Wildman–Crippen LogP) is -0.162. The van der Waals surface area contributed by atoms with Gasteiger partial charge in [-0.15, -0.1) is 4.33 Å². The quantitative estimate of drug-likeness (QED) is 0.172.